The van der Waals surface area contributed by atoms with Crippen LogP contribution in [0.4, 0.5) is 0 Å². The quantitative estimate of drug-likeness (QED) is 0.443. The van der Waals surface area contributed by atoms with Crippen LogP contribution in [0.5, 0.6) is 0 Å². The van der Waals surface area contributed by atoms with Crippen LogP contribution in [-0.2, 0) is 0 Å². The first kappa shape index (κ1) is 10.3. The third kappa shape index (κ3) is 2.44. The van der Waals surface area contributed by atoms with Crippen LogP contribution in [0, 0.1) is 10.1 Å². The van der Waals surface area contributed by atoms with Crippen molar-refractivity contribution < 1.29 is 15.1 Å². The van der Waals surface area contributed by atoms with Crippen LogP contribution in [-0.4, -0.2) is 33.4 Å². The molecule has 2 unspecified atom stereocenters. The first-order valence-corrected chi connectivity index (χ1v) is 3.42. The number of aliphatic hydroxyl groups is 2. The van der Waals surface area contributed by atoms with Gasteiger partial charge in [0.05, 0.1) is 6.61 Å². The van der Waals surface area contributed by atoms with Gasteiger partial charge in [0.25, 0.3) is 0 Å². The Bertz CT molecular complexity index is 146. The SMILES string of the molecule is CCC([N+](=O)[O-])C(C)(O)CO. The van der Waals surface area contributed by atoms with Crippen LogP contribution in [0.1, 0.15) is 20.3 Å². The average Bonchev–Trinajstić information content (AvgIpc) is 1.88. The van der Waals surface area contributed by atoms with Gasteiger partial charge in [0.1, 0.15) is 0 Å². The van der Waals surface area contributed by atoms with E-state index in [0.29, 0.717) is 0 Å². The third-order valence-corrected chi connectivity index (χ3v) is 1.68. The lowest BCUT2D eigenvalue weighted by Crippen LogP contribution is -2.46. The Labute approximate surface area is 64.8 Å². The molecule has 5 heteroatoms. The maximum absolute atomic E-state index is 10.3. The summed E-state index contributed by atoms with van der Waals surface area (Å²) < 4.78 is 0. The molecule has 0 fully saturated rings. The number of hydrogen-bond donors (Lipinski definition) is 2. The van der Waals surface area contributed by atoms with Gasteiger partial charge in [-0.05, 0) is 6.92 Å². The molecular weight excluding hydrogens is 150 g/mol. The van der Waals surface area contributed by atoms with Crippen molar-refractivity contribution in [1.29, 1.82) is 0 Å². The first-order chi connectivity index (χ1) is 4.95. The fourth-order valence-electron chi connectivity index (χ4n) is 0.921. The van der Waals surface area contributed by atoms with E-state index in [2.05, 4.69) is 0 Å². The highest BCUT2D eigenvalue weighted by Crippen LogP contribution is 2.14. The average molecular weight is 163 g/mol. The molecule has 0 aromatic rings. The summed E-state index contributed by atoms with van der Waals surface area (Å²) in [5.74, 6) is 0. The van der Waals surface area contributed by atoms with Gasteiger partial charge < -0.3 is 10.2 Å². The van der Waals surface area contributed by atoms with Crippen molar-refractivity contribution in [2.24, 2.45) is 0 Å². The fourth-order valence-corrected chi connectivity index (χ4v) is 0.921. The molecule has 0 aliphatic rings. The van der Waals surface area contributed by atoms with E-state index in [4.69, 9.17) is 5.11 Å². The lowest BCUT2D eigenvalue weighted by molar-refractivity contribution is -0.545. The predicted octanol–water partition coefficient (Wildman–Crippen LogP) is -0.215. The van der Waals surface area contributed by atoms with Gasteiger partial charge in [0, 0.05) is 11.3 Å². The second-order valence-electron chi connectivity index (χ2n) is 2.72. The summed E-state index contributed by atoms with van der Waals surface area (Å²) in [5.41, 5.74) is -1.61. The van der Waals surface area contributed by atoms with Crippen molar-refractivity contribution in [2.75, 3.05) is 6.61 Å². The lowest BCUT2D eigenvalue weighted by Gasteiger charge is -2.22. The van der Waals surface area contributed by atoms with Gasteiger partial charge in [-0.2, -0.15) is 0 Å². The Hall–Kier alpha value is -0.680. The molecule has 11 heavy (non-hydrogen) atoms. The van der Waals surface area contributed by atoms with E-state index in [1.807, 2.05) is 0 Å². The molecule has 2 atom stereocenters. The van der Waals surface area contributed by atoms with E-state index in [-0.39, 0.29) is 6.42 Å². The van der Waals surface area contributed by atoms with Gasteiger partial charge in [-0.15, -0.1) is 0 Å². The lowest BCUT2D eigenvalue weighted by atomic mass is 9.96. The van der Waals surface area contributed by atoms with Crippen molar-refractivity contribution in [3.05, 3.63) is 10.1 Å². The van der Waals surface area contributed by atoms with Gasteiger partial charge in [0.15, 0.2) is 5.60 Å². The van der Waals surface area contributed by atoms with Crippen molar-refractivity contribution in [2.45, 2.75) is 31.9 Å². The Kier molecular flexibility index (Phi) is 3.41. The minimum absolute atomic E-state index is 0.209. The van der Waals surface area contributed by atoms with Gasteiger partial charge in [-0.25, -0.2) is 0 Å². The minimum atomic E-state index is -1.61. The van der Waals surface area contributed by atoms with Crippen LogP contribution < -0.4 is 0 Å². The third-order valence-electron chi connectivity index (χ3n) is 1.68. The first-order valence-electron chi connectivity index (χ1n) is 3.42. The van der Waals surface area contributed by atoms with E-state index in [1.54, 1.807) is 6.92 Å². The monoisotopic (exact) mass is 163 g/mol. The summed E-state index contributed by atoms with van der Waals surface area (Å²) in [5, 5.41) is 28.1. The summed E-state index contributed by atoms with van der Waals surface area (Å²) in [4.78, 5) is 9.70. The van der Waals surface area contributed by atoms with Crippen LogP contribution >= 0.6 is 0 Å². The molecule has 5 nitrogen and oxygen atoms in total. The Morgan fingerprint density at radius 1 is 1.73 bits per heavy atom. The van der Waals surface area contributed by atoms with Crippen molar-refractivity contribution in [3.8, 4) is 0 Å². The molecule has 66 valence electrons. The number of nitro groups is 1. The van der Waals surface area contributed by atoms with Gasteiger partial charge in [-0.1, -0.05) is 6.92 Å². The molecule has 0 rings (SSSR count). The number of nitrogens with zero attached hydrogens (tertiary/aromatic N) is 1. The zero-order chi connectivity index (χ0) is 9.07. The van der Waals surface area contributed by atoms with Crippen LogP contribution in [0.3, 0.4) is 0 Å². The maximum atomic E-state index is 10.3. The second kappa shape index (κ2) is 3.64. The van der Waals surface area contributed by atoms with Crippen molar-refractivity contribution >= 4 is 0 Å². The topological polar surface area (TPSA) is 83.6 Å². The van der Waals surface area contributed by atoms with E-state index in [1.165, 1.54) is 6.92 Å². The number of rotatable bonds is 4. The Morgan fingerprint density at radius 3 is 2.27 bits per heavy atom. The zero-order valence-corrected chi connectivity index (χ0v) is 6.65. The van der Waals surface area contributed by atoms with E-state index in [0.717, 1.165) is 0 Å². The fraction of sp³-hybridized carbons (Fsp3) is 1.00. The van der Waals surface area contributed by atoms with E-state index >= 15 is 0 Å². The zero-order valence-electron chi connectivity index (χ0n) is 6.65. The van der Waals surface area contributed by atoms with Crippen LogP contribution in [0.2, 0.25) is 0 Å². The molecule has 0 saturated heterocycles. The molecule has 0 radical (unpaired) electrons. The number of aliphatic hydroxyl groups excluding tert-OH is 1. The number of hydrogen-bond acceptors (Lipinski definition) is 4. The molecule has 0 aromatic heterocycles. The Morgan fingerprint density at radius 2 is 2.18 bits per heavy atom. The minimum Gasteiger partial charge on any atom is -0.393 e. The predicted molar refractivity (Wildman–Crippen MR) is 38.8 cm³/mol. The summed E-state index contributed by atoms with van der Waals surface area (Å²) in [6.45, 7) is 2.26. The van der Waals surface area contributed by atoms with Crippen LogP contribution in [0.15, 0.2) is 0 Å². The summed E-state index contributed by atoms with van der Waals surface area (Å²) in [6, 6.07) is -1.09. The molecular formula is C6H13NO4. The summed E-state index contributed by atoms with van der Waals surface area (Å²) in [7, 11) is 0. The van der Waals surface area contributed by atoms with Gasteiger partial charge in [0.2, 0.25) is 6.04 Å². The molecule has 0 aromatic carbocycles. The van der Waals surface area contributed by atoms with Gasteiger partial charge in [-0.3, -0.25) is 10.1 Å². The van der Waals surface area contributed by atoms with E-state index < -0.39 is 23.2 Å². The molecule has 0 amide bonds. The highest BCUT2D eigenvalue weighted by atomic mass is 16.6. The van der Waals surface area contributed by atoms with Gasteiger partial charge >= 0.3 is 0 Å². The summed E-state index contributed by atoms with van der Waals surface area (Å²) >= 11 is 0. The van der Waals surface area contributed by atoms with Crippen molar-refractivity contribution in [1.82, 2.24) is 0 Å². The highest BCUT2D eigenvalue weighted by Gasteiger charge is 2.39. The smallest absolute Gasteiger partial charge is 0.243 e. The maximum Gasteiger partial charge on any atom is 0.243 e. The summed E-state index contributed by atoms with van der Waals surface area (Å²) in [6.07, 6.45) is 0.209. The molecule has 0 heterocycles. The van der Waals surface area contributed by atoms with E-state index in [9.17, 15) is 15.2 Å². The normalized spacial score (nSPS) is 18.9. The molecule has 2 N–H and O–H groups in total. The van der Waals surface area contributed by atoms with Crippen molar-refractivity contribution in [3.63, 3.8) is 0 Å². The molecule has 0 aliphatic heterocycles. The molecule has 0 aliphatic carbocycles. The standard InChI is InChI=1S/C6H13NO4/c1-3-5(7(10)11)6(2,9)4-8/h5,8-9H,3-4H2,1-2H3. The second-order valence-corrected chi connectivity index (χ2v) is 2.72. The molecule has 0 bridgehead atoms. The molecule has 0 spiro atoms. The largest absolute Gasteiger partial charge is 0.393 e. The molecule has 0 saturated carbocycles. The van der Waals surface area contributed by atoms with Crippen LogP contribution in [0.25, 0.3) is 0 Å². The Balaban J connectivity index is 4.36. The highest BCUT2D eigenvalue weighted by molar-refractivity contribution is 4.80.